The largest absolute Gasteiger partial charge is 0.507 e. The second kappa shape index (κ2) is 9.40. The highest BCUT2D eigenvalue weighted by molar-refractivity contribution is 5.96. The first-order chi connectivity index (χ1) is 15.7. The quantitative estimate of drug-likeness (QED) is 0.447. The Kier molecular flexibility index (Phi) is 6.91. The van der Waals surface area contributed by atoms with Gasteiger partial charge in [-0.1, -0.05) is 45.6 Å². The Bertz CT molecular complexity index is 907. The molecule has 1 aromatic rings. The first kappa shape index (κ1) is 24.3. The van der Waals surface area contributed by atoms with Crippen molar-refractivity contribution < 1.29 is 19.8 Å². The van der Waals surface area contributed by atoms with Gasteiger partial charge in [-0.15, -0.1) is 0 Å². The van der Waals surface area contributed by atoms with Crippen molar-refractivity contribution in [3.05, 3.63) is 28.8 Å². The molecule has 3 aliphatic carbocycles. The molecule has 0 heterocycles. The Hall–Kier alpha value is -1.88. The SMILES string of the molecule is CCCC12CC(=O)CCC1(O)C(CCCCC(C)C1CC1)CCc1ccc(C(N)=O)c(O)c12. The zero-order valence-electron chi connectivity index (χ0n) is 20.4. The fourth-order valence-corrected chi connectivity index (χ4v) is 7.19. The molecule has 4 rings (SSSR count). The fourth-order valence-electron chi connectivity index (χ4n) is 7.19. The fraction of sp³-hybridized carbons (Fsp3) is 0.714. The molecule has 1 amide bonds. The number of primary amides is 1. The lowest BCUT2D eigenvalue weighted by Crippen LogP contribution is -2.59. The molecule has 0 radical (unpaired) electrons. The van der Waals surface area contributed by atoms with Crippen LogP contribution in [0.5, 0.6) is 5.75 Å². The summed E-state index contributed by atoms with van der Waals surface area (Å²) < 4.78 is 0. The molecular formula is C28H41NO4. The third-order valence-electron chi connectivity index (χ3n) is 9.12. The highest BCUT2D eigenvalue weighted by Crippen LogP contribution is 2.58. The van der Waals surface area contributed by atoms with Crippen LogP contribution in [0.1, 0.15) is 112 Å². The highest BCUT2D eigenvalue weighted by atomic mass is 16.3. The summed E-state index contributed by atoms with van der Waals surface area (Å²) in [6.07, 6.45) is 11.2. The summed E-state index contributed by atoms with van der Waals surface area (Å²) >= 11 is 0. The van der Waals surface area contributed by atoms with E-state index in [1.165, 1.54) is 25.7 Å². The van der Waals surface area contributed by atoms with Crippen LogP contribution in [0.15, 0.2) is 12.1 Å². The van der Waals surface area contributed by atoms with Crippen LogP contribution in [0.2, 0.25) is 0 Å². The molecule has 182 valence electrons. The summed E-state index contributed by atoms with van der Waals surface area (Å²) in [6, 6.07) is 3.48. The van der Waals surface area contributed by atoms with E-state index >= 15 is 0 Å². The molecule has 0 bridgehead atoms. The zero-order valence-corrected chi connectivity index (χ0v) is 20.4. The predicted octanol–water partition coefficient (Wildman–Crippen LogP) is 5.18. The number of amides is 1. The van der Waals surface area contributed by atoms with Gasteiger partial charge in [0.05, 0.1) is 11.2 Å². The number of benzene rings is 1. The number of phenols is 1. The van der Waals surface area contributed by atoms with E-state index in [4.69, 9.17) is 5.73 Å². The maximum atomic E-state index is 12.8. The number of unbranched alkanes of at least 4 members (excludes halogenated alkanes) is 1. The molecule has 2 saturated carbocycles. The molecule has 2 fully saturated rings. The van der Waals surface area contributed by atoms with Crippen LogP contribution in [-0.2, 0) is 16.6 Å². The molecule has 4 atom stereocenters. The van der Waals surface area contributed by atoms with Crippen molar-refractivity contribution in [3.63, 3.8) is 0 Å². The molecule has 0 aromatic heterocycles. The number of aryl methyl sites for hydroxylation is 1. The topological polar surface area (TPSA) is 101 Å². The number of Topliss-reactive ketones (excluding diaryl/α,β-unsaturated/α-hetero) is 1. The van der Waals surface area contributed by atoms with Crippen molar-refractivity contribution in [1.82, 2.24) is 0 Å². The van der Waals surface area contributed by atoms with Gasteiger partial charge in [-0.05, 0) is 74.3 Å². The minimum Gasteiger partial charge on any atom is -0.507 e. The standard InChI is InChI=1S/C28H41NO4/c1-3-15-27-17-22(30)14-16-28(27,33)21(7-5-4-6-18(2)19-8-9-19)12-10-20-11-13-23(26(29)32)25(31)24(20)27/h11,13,18-19,21,31,33H,3-10,12,14-17H2,1-2H3,(H2,29,32). The number of hydrogen-bond acceptors (Lipinski definition) is 4. The molecule has 3 aliphatic rings. The predicted molar refractivity (Wildman–Crippen MR) is 129 cm³/mol. The van der Waals surface area contributed by atoms with Gasteiger partial charge in [0.1, 0.15) is 11.5 Å². The third-order valence-corrected chi connectivity index (χ3v) is 9.12. The third kappa shape index (κ3) is 4.34. The minimum absolute atomic E-state index is 0.0669. The summed E-state index contributed by atoms with van der Waals surface area (Å²) in [5.41, 5.74) is 5.26. The van der Waals surface area contributed by atoms with Crippen LogP contribution in [0.4, 0.5) is 0 Å². The maximum absolute atomic E-state index is 12.8. The summed E-state index contributed by atoms with van der Waals surface area (Å²) in [5, 5.41) is 23.7. The van der Waals surface area contributed by atoms with Crippen LogP contribution < -0.4 is 5.73 Å². The molecule has 4 unspecified atom stereocenters. The lowest BCUT2D eigenvalue weighted by molar-refractivity contribution is -0.147. The summed E-state index contributed by atoms with van der Waals surface area (Å²) in [4.78, 5) is 24.9. The lowest BCUT2D eigenvalue weighted by Gasteiger charge is -2.54. The number of carbonyl (C=O) groups excluding carboxylic acids is 2. The van der Waals surface area contributed by atoms with Crippen molar-refractivity contribution >= 4 is 11.7 Å². The van der Waals surface area contributed by atoms with Gasteiger partial charge in [0, 0.05) is 23.8 Å². The number of ketones is 1. The van der Waals surface area contributed by atoms with E-state index in [-0.39, 0.29) is 29.4 Å². The highest BCUT2D eigenvalue weighted by Gasteiger charge is 2.60. The van der Waals surface area contributed by atoms with Crippen LogP contribution in [0.25, 0.3) is 0 Å². The van der Waals surface area contributed by atoms with Gasteiger partial charge in [0.25, 0.3) is 5.91 Å². The van der Waals surface area contributed by atoms with Crippen LogP contribution in [0, 0.1) is 17.8 Å². The average Bonchev–Trinajstić information content (AvgIpc) is 3.61. The molecule has 0 saturated heterocycles. The Morgan fingerprint density at radius 1 is 1.21 bits per heavy atom. The number of nitrogens with two attached hydrogens (primary N) is 1. The smallest absolute Gasteiger partial charge is 0.252 e. The first-order valence-electron chi connectivity index (χ1n) is 13.1. The molecule has 4 N–H and O–H groups in total. The number of fused-ring (bicyclic) bond motifs is 3. The number of hydrogen-bond donors (Lipinski definition) is 3. The van der Waals surface area contributed by atoms with Gasteiger partial charge in [-0.2, -0.15) is 0 Å². The second-order valence-electron chi connectivity index (χ2n) is 11.2. The van der Waals surface area contributed by atoms with Gasteiger partial charge in [0.2, 0.25) is 0 Å². The number of aliphatic hydroxyl groups is 1. The lowest BCUT2D eigenvalue weighted by atomic mass is 9.53. The van der Waals surface area contributed by atoms with Gasteiger partial charge in [-0.3, -0.25) is 9.59 Å². The van der Waals surface area contributed by atoms with Crippen molar-refractivity contribution in [3.8, 4) is 5.75 Å². The molecule has 33 heavy (non-hydrogen) atoms. The van der Waals surface area contributed by atoms with E-state index in [9.17, 15) is 19.8 Å². The van der Waals surface area contributed by atoms with E-state index < -0.39 is 16.9 Å². The van der Waals surface area contributed by atoms with Gasteiger partial charge in [0.15, 0.2) is 0 Å². The summed E-state index contributed by atoms with van der Waals surface area (Å²) in [6.45, 7) is 4.42. The van der Waals surface area contributed by atoms with Crippen molar-refractivity contribution in [1.29, 1.82) is 0 Å². The summed E-state index contributed by atoms with van der Waals surface area (Å²) in [7, 11) is 0. The van der Waals surface area contributed by atoms with E-state index in [0.717, 1.165) is 49.5 Å². The molecule has 0 spiro atoms. The average molecular weight is 456 g/mol. The Morgan fingerprint density at radius 3 is 2.64 bits per heavy atom. The number of carbonyl (C=O) groups is 2. The van der Waals surface area contributed by atoms with Gasteiger partial charge in [-0.25, -0.2) is 0 Å². The van der Waals surface area contributed by atoms with Crippen LogP contribution >= 0.6 is 0 Å². The number of aromatic hydroxyl groups is 1. The molecule has 5 heteroatoms. The number of rotatable bonds is 9. The Morgan fingerprint density at radius 2 is 1.97 bits per heavy atom. The first-order valence-corrected chi connectivity index (χ1v) is 13.1. The molecular weight excluding hydrogens is 414 g/mol. The molecule has 0 aliphatic heterocycles. The Balaban J connectivity index is 1.70. The second-order valence-corrected chi connectivity index (χ2v) is 11.2. The van der Waals surface area contributed by atoms with E-state index in [0.29, 0.717) is 24.8 Å². The minimum atomic E-state index is -1.07. The van der Waals surface area contributed by atoms with E-state index in [1.807, 2.05) is 6.07 Å². The molecule has 1 aromatic carbocycles. The van der Waals surface area contributed by atoms with Crippen LogP contribution in [-0.4, -0.2) is 27.5 Å². The normalized spacial score (nSPS) is 30.3. The molecule has 5 nitrogen and oxygen atoms in total. The van der Waals surface area contributed by atoms with Gasteiger partial charge >= 0.3 is 0 Å². The maximum Gasteiger partial charge on any atom is 0.252 e. The van der Waals surface area contributed by atoms with Crippen molar-refractivity contribution in [2.45, 2.75) is 108 Å². The Labute approximate surface area is 198 Å². The summed E-state index contributed by atoms with van der Waals surface area (Å²) in [5.74, 6) is 1.10. The van der Waals surface area contributed by atoms with Crippen molar-refractivity contribution in [2.75, 3.05) is 0 Å². The monoisotopic (exact) mass is 455 g/mol. The van der Waals surface area contributed by atoms with E-state index in [2.05, 4.69) is 13.8 Å². The van der Waals surface area contributed by atoms with Crippen molar-refractivity contribution in [2.24, 2.45) is 23.5 Å². The van der Waals surface area contributed by atoms with E-state index in [1.54, 1.807) is 6.07 Å². The zero-order chi connectivity index (χ0) is 23.8. The van der Waals surface area contributed by atoms with Gasteiger partial charge < -0.3 is 15.9 Å². The van der Waals surface area contributed by atoms with Crippen LogP contribution in [0.3, 0.4) is 0 Å².